The van der Waals surface area contributed by atoms with E-state index in [-0.39, 0.29) is 5.60 Å². The van der Waals surface area contributed by atoms with Crippen molar-refractivity contribution in [3.8, 4) is 5.75 Å². The Morgan fingerprint density at radius 2 is 1.56 bits per heavy atom. The molecule has 0 aliphatic carbocycles. The van der Waals surface area contributed by atoms with Crippen molar-refractivity contribution in [2.24, 2.45) is 0 Å². The van der Waals surface area contributed by atoms with E-state index in [1.54, 1.807) is 0 Å². The number of carboxylic acid groups (broad SMARTS) is 1. The molecule has 1 aliphatic rings. The summed E-state index contributed by atoms with van der Waals surface area (Å²) in [5.41, 5.74) is 8.48. The highest BCUT2D eigenvalue weighted by atomic mass is 16.5. The van der Waals surface area contributed by atoms with E-state index in [0.717, 1.165) is 73.8 Å². The van der Waals surface area contributed by atoms with Crippen LogP contribution in [0.3, 0.4) is 0 Å². The fourth-order valence-electron chi connectivity index (χ4n) is 5.27. The second kappa shape index (κ2) is 13.7. The standard InChI is InChI=1S/C35H47NO3/c1-25(2)14-11-15-26(3)16-12-17-27(4)18-13-22-35(7)23-21-30-24-32(28(5)29(6)33(30)39-35)36(34(37)38)31-19-9-8-10-20-31/h8-10,14,16,18-20,24H,11-13,15,17,21-23H2,1-7H3,(H,37,38)/t35-/m1/s1. The molecule has 0 bridgehead atoms. The Morgan fingerprint density at radius 3 is 2.18 bits per heavy atom. The molecule has 4 heteroatoms. The minimum Gasteiger partial charge on any atom is -0.487 e. The number of anilines is 2. The third-order valence-corrected chi connectivity index (χ3v) is 7.90. The molecule has 0 unspecified atom stereocenters. The van der Waals surface area contributed by atoms with Gasteiger partial charge in [0.15, 0.2) is 0 Å². The number of nitrogens with zero attached hydrogens (tertiary/aromatic N) is 1. The first-order chi connectivity index (χ1) is 18.5. The second-order valence-corrected chi connectivity index (χ2v) is 11.6. The van der Waals surface area contributed by atoms with Crippen molar-refractivity contribution in [2.45, 2.75) is 105 Å². The van der Waals surface area contributed by atoms with Crippen LogP contribution in [0.2, 0.25) is 0 Å². The molecule has 2 aromatic carbocycles. The molecule has 0 saturated heterocycles. The van der Waals surface area contributed by atoms with E-state index in [0.29, 0.717) is 11.4 Å². The summed E-state index contributed by atoms with van der Waals surface area (Å²) >= 11 is 0. The van der Waals surface area contributed by atoms with E-state index >= 15 is 0 Å². The number of amides is 1. The van der Waals surface area contributed by atoms with Gasteiger partial charge in [0.25, 0.3) is 0 Å². The molecule has 4 nitrogen and oxygen atoms in total. The van der Waals surface area contributed by atoms with Crippen LogP contribution in [0.4, 0.5) is 16.2 Å². The van der Waals surface area contributed by atoms with Crippen molar-refractivity contribution in [2.75, 3.05) is 4.90 Å². The first-order valence-corrected chi connectivity index (χ1v) is 14.4. The third kappa shape index (κ3) is 8.36. The average molecular weight is 530 g/mol. The van der Waals surface area contributed by atoms with Crippen LogP contribution in [-0.2, 0) is 6.42 Å². The van der Waals surface area contributed by atoms with Crippen LogP contribution >= 0.6 is 0 Å². The van der Waals surface area contributed by atoms with Crippen molar-refractivity contribution >= 4 is 17.5 Å². The van der Waals surface area contributed by atoms with Gasteiger partial charge in [-0.15, -0.1) is 0 Å². The van der Waals surface area contributed by atoms with Gasteiger partial charge in [0.05, 0.1) is 11.4 Å². The summed E-state index contributed by atoms with van der Waals surface area (Å²) in [6.45, 7) is 15.0. The van der Waals surface area contributed by atoms with Gasteiger partial charge in [0, 0.05) is 0 Å². The summed E-state index contributed by atoms with van der Waals surface area (Å²) in [7, 11) is 0. The maximum Gasteiger partial charge on any atom is 0.416 e. The van der Waals surface area contributed by atoms with E-state index in [1.807, 2.05) is 50.2 Å². The Labute approximate surface area is 236 Å². The number of aryl methyl sites for hydroxylation is 1. The Hall–Kier alpha value is -3.27. The summed E-state index contributed by atoms with van der Waals surface area (Å²) in [5, 5.41) is 10.0. The van der Waals surface area contributed by atoms with Crippen molar-refractivity contribution in [1.29, 1.82) is 0 Å². The summed E-state index contributed by atoms with van der Waals surface area (Å²) in [5.74, 6) is 0.929. The van der Waals surface area contributed by atoms with Crippen LogP contribution in [0.5, 0.6) is 5.75 Å². The maximum atomic E-state index is 12.3. The van der Waals surface area contributed by atoms with Crippen molar-refractivity contribution in [3.05, 3.63) is 88.0 Å². The first-order valence-electron chi connectivity index (χ1n) is 14.4. The van der Waals surface area contributed by atoms with Gasteiger partial charge < -0.3 is 9.84 Å². The van der Waals surface area contributed by atoms with Crippen molar-refractivity contribution in [1.82, 2.24) is 0 Å². The quantitative estimate of drug-likeness (QED) is 0.295. The normalized spacial score (nSPS) is 17.3. The summed E-state index contributed by atoms with van der Waals surface area (Å²) in [6.07, 6.45) is 14.3. The number of allylic oxidation sites excluding steroid dienone is 6. The number of hydrogen-bond acceptors (Lipinski definition) is 2. The van der Waals surface area contributed by atoms with Gasteiger partial charge in [-0.05, 0) is 135 Å². The lowest BCUT2D eigenvalue weighted by Crippen LogP contribution is -2.37. The summed E-state index contributed by atoms with van der Waals surface area (Å²) in [4.78, 5) is 13.6. The van der Waals surface area contributed by atoms with Crippen molar-refractivity contribution < 1.29 is 14.6 Å². The number of para-hydroxylation sites is 1. The number of rotatable bonds is 11. The van der Waals surface area contributed by atoms with Crippen molar-refractivity contribution in [3.63, 3.8) is 0 Å². The van der Waals surface area contributed by atoms with Gasteiger partial charge in [-0.1, -0.05) is 53.1 Å². The number of carbonyl (C=O) groups is 1. The van der Waals surface area contributed by atoms with E-state index < -0.39 is 6.09 Å². The zero-order valence-electron chi connectivity index (χ0n) is 25.1. The number of hydrogen-bond donors (Lipinski definition) is 1. The minimum absolute atomic E-state index is 0.226. The van der Waals surface area contributed by atoms with Crippen LogP contribution in [0, 0.1) is 13.8 Å². The molecule has 1 amide bonds. The van der Waals surface area contributed by atoms with Crippen LogP contribution in [0.25, 0.3) is 0 Å². The largest absolute Gasteiger partial charge is 0.487 e. The van der Waals surface area contributed by atoms with E-state index in [9.17, 15) is 9.90 Å². The lowest BCUT2D eigenvalue weighted by Gasteiger charge is -2.38. The van der Waals surface area contributed by atoms with Gasteiger partial charge >= 0.3 is 6.09 Å². The first kappa shape index (κ1) is 30.3. The molecule has 1 heterocycles. The zero-order valence-corrected chi connectivity index (χ0v) is 25.1. The van der Waals surface area contributed by atoms with Gasteiger partial charge in [-0.25, -0.2) is 9.69 Å². The molecular weight excluding hydrogens is 482 g/mol. The van der Waals surface area contributed by atoms with Crippen LogP contribution in [-0.4, -0.2) is 16.8 Å². The number of ether oxygens (including phenoxy) is 1. The van der Waals surface area contributed by atoms with Gasteiger partial charge in [0.1, 0.15) is 11.4 Å². The summed E-state index contributed by atoms with van der Waals surface area (Å²) in [6, 6.07) is 11.3. The number of fused-ring (bicyclic) bond motifs is 1. The third-order valence-electron chi connectivity index (χ3n) is 7.90. The molecule has 1 N–H and O–H groups in total. The monoisotopic (exact) mass is 529 g/mol. The highest BCUT2D eigenvalue weighted by molar-refractivity contribution is 5.96. The van der Waals surface area contributed by atoms with Crippen LogP contribution in [0.1, 0.15) is 96.3 Å². The molecule has 3 rings (SSSR count). The second-order valence-electron chi connectivity index (χ2n) is 11.6. The molecule has 0 fully saturated rings. The summed E-state index contributed by atoms with van der Waals surface area (Å²) < 4.78 is 6.67. The Balaban J connectivity index is 1.64. The molecule has 39 heavy (non-hydrogen) atoms. The smallest absolute Gasteiger partial charge is 0.416 e. The molecule has 0 radical (unpaired) electrons. The van der Waals surface area contributed by atoms with Gasteiger partial charge in [-0.3, -0.25) is 0 Å². The molecule has 210 valence electrons. The highest BCUT2D eigenvalue weighted by Gasteiger charge is 2.33. The van der Waals surface area contributed by atoms with E-state index in [2.05, 4.69) is 52.8 Å². The fourth-order valence-corrected chi connectivity index (χ4v) is 5.27. The molecule has 0 saturated carbocycles. The zero-order chi connectivity index (χ0) is 28.6. The number of benzene rings is 2. The minimum atomic E-state index is -0.984. The SMILES string of the molecule is CC(C)=CCCC(C)=CCCC(C)=CCC[C@]1(C)CCc2cc(N(C(=O)O)c3ccccc3)c(C)c(C)c2O1. The molecular formula is C35H47NO3. The van der Waals surface area contributed by atoms with Crippen LogP contribution in [0.15, 0.2) is 71.3 Å². The lowest BCUT2D eigenvalue weighted by molar-refractivity contribution is 0.0562. The Morgan fingerprint density at radius 1 is 0.949 bits per heavy atom. The predicted molar refractivity (Wildman–Crippen MR) is 165 cm³/mol. The molecule has 0 aromatic heterocycles. The molecule has 1 atom stereocenters. The molecule has 1 aliphatic heterocycles. The lowest BCUT2D eigenvalue weighted by atomic mass is 9.86. The maximum absolute atomic E-state index is 12.3. The predicted octanol–water partition coefficient (Wildman–Crippen LogP) is 10.4. The van der Waals surface area contributed by atoms with Gasteiger partial charge in [0.2, 0.25) is 0 Å². The molecule has 2 aromatic rings. The fraction of sp³-hybridized carbons (Fsp3) is 0.457. The molecule has 0 spiro atoms. The Kier molecular flexibility index (Phi) is 10.6. The van der Waals surface area contributed by atoms with Gasteiger partial charge in [-0.2, -0.15) is 0 Å². The van der Waals surface area contributed by atoms with E-state index in [1.165, 1.54) is 21.6 Å². The van der Waals surface area contributed by atoms with E-state index in [4.69, 9.17) is 4.74 Å². The topological polar surface area (TPSA) is 49.8 Å². The Bertz CT molecular complexity index is 1230. The average Bonchev–Trinajstić information content (AvgIpc) is 2.88. The highest BCUT2D eigenvalue weighted by Crippen LogP contribution is 2.43. The van der Waals surface area contributed by atoms with Crippen LogP contribution < -0.4 is 9.64 Å².